The van der Waals surface area contributed by atoms with Gasteiger partial charge in [-0.3, -0.25) is 14.5 Å². The number of pyridine rings is 1. The predicted octanol–water partition coefficient (Wildman–Crippen LogP) is 4.19. The lowest BCUT2D eigenvalue weighted by Gasteiger charge is -2.13. The van der Waals surface area contributed by atoms with Gasteiger partial charge in [0.25, 0.3) is 5.91 Å². The van der Waals surface area contributed by atoms with Gasteiger partial charge in [-0.15, -0.1) is 5.10 Å². The number of aromatic nitrogens is 2. The van der Waals surface area contributed by atoms with Crippen molar-refractivity contribution in [3.63, 3.8) is 0 Å². The van der Waals surface area contributed by atoms with Crippen molar-refractivity contribution in [3.8, 4) is 0 Å². The van der Waals surface area contributed by atoms with Crippen molar-refractivity contribution in [2.45, 2.75) is 6.92 Å². The highest BCUT2D eigenvalue weighted by molar-refractivity contribution is 8.14. The van der Waals surface area contributed by atoms with Crippen LogP contribution in [-0.4, -0.2) is 31.9 Å². The van der Waals surface area contributed by atoms with Crippen molar-refractivity contribution < 1.29 is 4.79 Å². The second-order valence-electron chi connectivity index (χ2n) is 5.81. The summed E-state index contributed by atoms with van der Waals surface area (Å²) in [5.41, 5.74) is 3.26. The standard InChI is InChI=1S/C18H13Cl2N5OS/c1-10-15(25-8-12(19)7-13(20)16(25)21-10)17(26)22-18-24-23-14(9-27-18)11-5-3-2-4-6-11/h2-8H,9H2,1H3,(H,22,24,26). The Morgan fingerprint density at radius 2 is 2.00 bits per heavy atom. The van der Waals surface area contributed by atoms with Crippen LogP contribution < -0.4 is 5.32 Å². The summed E-state index contributed by atoms with van der Waals surface area (Å²) in [5.74, 6) is 0.273. The quantitative estimate of drug-likeness (QED) is 0.679. The zero-order valence-corrected chi connectivity index (χ0v) is 16.4. The average molecular weight is 418 g/mol. The van der Waals surface area contributed by atoms with Crippen LogP contribution in [0.15, 0.2) is 52.8 Å². The van der Waals surface area contributed by atoms with E-state index in [9.17, 15) is 4.79 Å². The highest BCUT2D eigenvalue weighted by Crippen LogP contribution is 2.24. The highest BCUT2D eigenvalue weighted by Gasteiger charge is 2.21. The molecule has 0 atom stereocenters. The lowest BCUT2D eigenvalue weighted by atomic mass is 10.1. The minimum Gasteiger partial charge on any atom is -0.298 e. The molecule has 0 saturated heterocycles. The molecule has 0 saturated carbocycles. The number of nitrogens with one attached hydrogen (secondary N) is 1. The molecule has 6 nitrogen and oxygen atoms in total. The van der Waals surface area contributed by atoms with Crippen LogP contribution in [-0.2, 0) is 0 Å². The van der Waals surface area contributed by atoms with Crippen LogP contribution in [0.2, 0.25) is 10.0 Å². The zero-order chi connectivity index (χ0) is 19.0. The molecule has 1 N–H and O–H groups in total. The van der Waals surface area contributed by atoms with Crippen molar-refractivity contribution in [1.82, 2.24) is 14.7 Å². The number of hydrogen-bond donors (Lipinski definition) is 1. The molecular formula is C18H13Cl2N5OS. The first-order valence-electron chi connectivity index (χ1n) is 8.00. The number of amides is 1. The van der Waals surface area contributed by atoms with Gasteiger partial charge in [0.15, 0.2) is 10.8 Å². The third-order valence-electron chi connectivity index (χ3n) is 3.97. The number of hydrogen-bond acceptors (Lipinski definition) is 5. The van der Waals surface area contributed by atoms with E-state index >= 15 is 0 Å². The van der Waals surface area contributed by atoms with Gasteiger partial charge in [-0.1, -0.05) is 65.3 Å². The Balaban J connectivity index is 1.60. The van der Waals surface area contributed by atoms with Gasteiger partial charge >= 0.3 is 0 Å². The third-order valence-corrected chi connectivity index (χ3v) is 5.33. The molecule has 0 aliphatic carbocycles. The molecule has 3 aromatic rings. The van der Waals surface area contributed by atoms with Crippen molar-refractivity contribution >= 4 is 57.4 Å². The summed E-state index contributed by atoms with van der Waals surface area (Å²) in [5, 5.41) is 12.4. The Kier molecular flexibility index (Phi) is 4.90. The molecule has 136 valence electrons. The minimum absolute atomic E-state index is 0.344. The van der Waals surface area contributed by atoms with Crippen LogP contribution in [0.4, 0.5) is 0 Å². The summed E-state index contributed by atoms with van der Waals surface area (Å²) in [6, 6.07) is 11.4. The monoisotopic (exact) mass is 417 g/mol. The Hall–Kier alpha value is -2.35. The molecule has 9 heteroatoms. The normalized spacial score (nSPS) is 14.0. The summed E-state index contributed by atoms with van der Waals surface area (Å²) in [6.07, 6.45) is 1.61. The summed E-state index contributed by atoms with van der Waals surface area (Å²) in [7, 11) is 0. The van der Waals surface area contributed by atoms with Crippen LogP contribution in [0.5, 0.6) is 0 Å². The smallest absolute Gasteiger partial charge is 0.276 e. The number of carbonyl (C=O) groups excluding carboxylic acids is 1. The number of carbonyl (C=O) groups is 1. The summed E-state index contributed by atoms with van der Waals surface area (Å²) >= 11 is 13.7. The number of halogens is 2. The Morgan fingerprint density at radius 1 is 1.22 bits per heavy atom. The summed E-state index contributed by atoms with van der Waals surface area (Å²) in [6.45, 7) is 1.74. The number of benzene rings is 1. The van der Waals surface area contributed by atoms with Gasteiger partial charge in [0, 0.05) is 11.9 Å². The molecule has 1 aromatic carbocycles. The fourth-order valence-electron chi connectivity index (χ4n) is 2.75. The maximum atomic E-state index is 12.8. The van der Waals surface area contributed by atoms with Crippen LogP contribution in [0.3, 0.4) is 0 Å². The number of rotatable bonds is 2. The SMILES string of the molecule is Cc1nc2c(Cl)cc(Cl)cn2c1C(=O)NC1=NN=C(c2ccccc2)CS1. The number of thioether (sulfide) groups is 1. The fourth-order valence-corrected chi connectivity index (χ4v) is 4.02. The number of amidine groups is 1. The van der Waals surface area contributed by atoms with Gasteiger partial charge in [-0.05, 0) is 18.6 Å². The van der Waals surface area contributed by atoms with Gasteiger partial charge in [-0.2, -0.15) is 5.10 Å². The topological polar surface area (TPSA) is 71.1 Å². The second-order valence-corrected chi connectivity index (χ2v) is 7.61. The van der Waals surface area contributed by atoms with E-state index in [-0.39, 0.29) is 5.91 Å². The van der Waals surface area contributed by atoms with E-state index in [4.69, 9.17) is 23.2 Å². The number of imidazole rings is 1. The molecule has 0 bridgehead atoms. The molecule has 4 rings (SSSR count). The van der Waals surface area contributed by atoms with Crippen molar-refractivity contribution in [2.24, 2.45) is 10.2 Å². The van der Waals surface area contributed by atoms with Gasteiger partial charge in [0.2, 0.25) is 0 Å². The number of aryl methyl sites for hydroxylation is 1. The van der Waals surface area contributed by atoms with Crippen molar-refractivity contribution in [1.29, 1.82) is 0 Å². The molecule has 2 aromatic heterocycles. The van der Waals surface area contributed by atoms with E-state index in [0.29, 0.717) is 38.0 Å². The first kappa shape index (κ1) is 18.0. The highest BCUT2D eigenvalue weighted by atomic mass is 35.5. The average Bonchev–Trinajstić information content (AvgIpc) is 2.99. The van der Waals surface area contributed by atoms with E-state index in [2.05, 4.69) is 20.5 Å². The van der Waals surface area contributed by atoms with Crippen molar-refractivity contribution in [3.05, 3.63) is 69.6 Å². The molecule has 1 amide bonds. The van der Waals surface area contributed by atoms with E-state index in [1.165, 1.54) is 11.8 Å². The molecule has 3 heterocycles. The molecule has 0 radical (unpaired) electrons. The Morgan fingerprint density at radius 3 is 2.70 bits per heavy atom. The van der Waals surface area contributed by atoms with E-state index < -0.39 is 0 Å². The molecule has 27 heavy (non-hydrogen) atoms. The van der Waals surface area contributed by atoms with Gasteiger partial charge in [0.1, 0.15) is 5.69 Å². The maximum Gasteiger partial charge on any atom is 0.276 e. The maximum absolute atomic E-state index is 12.8. The van der Waals surface area contributed by atoms with Gasteiger partial charge in [0.05, 0.1) is 21.5 Å². The van der Waals surface area contributed by atoms with Crippen LogP contribution in [0.1, 0.15) is 21.7 Å². The first-order valence-corrected chi connectivity index (χ1v) is 9.75. The van der Waals surface area contributed by atoms with Crippen LogP contribution >= 0.6 is 35.0 Å². The molecule has 1 aliphatic heterocycles. The Labute approximate surface area is 169 Å². The summed E-state index contributed by atoms with van der Waals surface area (Å²) in [4.78, 5) is 17.1. The second kappa shape index (κ2) is 7.34. The van der Waals surface area contributed by atoms with E-state index in [1.807, 2.05) is 30.3 Å². The van der Waals surface area contributed by atoms with E-state index in [1.54, 1.807) is 23.6 Å². The van der Waals surface area contributed by atoms with E-state index in [0.717, 1.165) is 11.3 Å². The van der Waals surface area contributed by atoms with Gasteiger partial charge in [-0.25, -0.2) is 4.98 Å². The lowest BCUT2D eigenvalue weighted by Crippen LogP contribution is -2.31. The third kappa shape index (κ3) is 3.58. The summed E-state index contributed by atoms with van der Waals surface area (Å²) < 4.78 is 1.59. The Bertz CT molecular complexity index is 1110. The van der Waals surface area contributed by atoms with Crippen molar-refractivity contribution in [2.75, 3.05) is 5.75 Å². The predicted molar refractivity (Wildman–Crippen MR) is 110 cm³/mol. The minimum atomic E-state index is -0.344. The molecule has 0 spiro atoms. The zero-order valence-electron chi connectivity index (χ0n) is 14.1. The largest absolute Gasteiger partial charge is 0.298 e. The van der Waals surface area contributed by atoms with Gasteiger partial charge < -0.3 is 0 Å². The van der Waals surface area contributed by atoms with Crippen LogP contribution in [0.25, 0.3) is 5.65 Å². The van der Waals surface area contributed by atoms with Crippen LogP contribution in [0, 0.1) is 6.92 Å². The number of nitrogens with zero attached hydrogens (tertiary/aromatic N) is 4. The molecular weight excluding hydrogens is 405 g/mol. The molecule has 1 aliphatic rings. The fraction of sp³-hybridized carbons (Fsp3) is 0.111. The first-order chi connectivity index (χ1) is 13.0. The lowest BCUT2D eigenvalue weighted by molar-refractivity contribution is 0.0971. The number of fused-ring (bicyclic) bond motifs is 1. The molecule has 0 fully saturated rings. The molecule has 0 unspecified atom stereocenters.